The number of hydrogen-bond donors (Lipinski definition) is 1. The molecule has 0 atom stereocenters. The number of sulfonamides is 2. The summed E-state index contributed by atoms with van der Waals surface area (Å²) in [6, 6.07) is 9.63. The Labute approximate surface area is 399 Å². The topological polar surface area (TPSA) is 182 Å². The van der Waals surface area contributed by atoms with Gasteiger partial charge in [-0.2, -0.15) is 13.8 Å². The summed E-state index contributed by atoms with van der Waals surface area (Å²) in [6.07, 6.45) is 6.45. The first kappa shape index (κ1) is 57.4. The van der Waals surface area contributed by atoms with Gasteiger partial charge in [-0.3, -0.25) is 14.5 Å². The van der Waals surface area contributed by atoms with Gasteiger partial charge in [-0.25, -0.2) is 26.5 Å². The standard InChI is InChI=1S/C20H26ClN5O3S2.C13H27N3O4S.C8H3ClN2S/c1-20(2)18(27)26(15-9-10-17(22-3)16(21)13-15)19(30)25(20)11-7-6-8-12-31(28,29)23-14-24(4)5;1-13(2,12(17)20-5)14-9-7-6-8-10-21(18,19)15-11-16(3)4;1-10-8-3-2-6(11-5-12)4-7(8)9/h9-10,13-14H,6-8,11-12H2,1-2,4-5H3;11,14H,6-10H2,1-5H3;2-4H. The minimum atomic E-state index is -3.48. The van der Waals surface area contributed by atoms with Gasteiger partial charge >= 0.3 is 5.97 Å². The highest BCUT2D eigenvalue weighted by atomic mass is 35.5. The number of nitrogens with zero attached hydrogens (tertiary/aromatic N) is 9. The summed E-state index contributed by atoms with van der Waals surface area (Å²) in [5, 5.41) is 6.32. The van der Waals surface area contributed by atoms with E-state index >= 15 is 0 Å². The number of methoxy groups -OCH3 is 1. The number of nitrogens with one attached hydrogen (secondary N) is 1. The van der Waals surface area contributed by atoms with Crippen molar-refractivity contribution in [1.82, 2.24) is 20.0 Å². The van der Waals surface area contributed by atoms with Crippen LogP contribution < -0.4 is 10.2 Å². The van der Waals surface area contributed by atoms with E-state index in [2.05, 4.69) is 50.9 Å². The molecule has 64 heavy (non-hydrogen) atoms. The minimum absolute atomic E-state index is 0.0257. The Morgan fingerprint density at radius 2 is 1.39 bits per heavy atom. The van der Waals surface area contributed by atoms with Crippen molar-refractivity contribution in [2.24, 2.45) is 13.8 Å². The Morgan fingerprint density at radius 3 is 1.84 bits per heavy atom. The molecule has 1 N–H and O–H groups in total. The maximum Gasteiger partial charge on any atom is 0.325 e. The van der Waals surface area contributed by atoms with Gasteiger partial charge < -0.3 is 24.8 Å². The molecular weight excluding hydrogens is 944 g/mol. The van der Waals surface area contributed by atoms with E-state index in [9.17, 15) is 26.4 Å². The molecule has 23 heteroatoms. The van der Waals surface area contributed by atoms with Crippen molar-refractivity contribution in [1.29, 1.82) is 0 Å². The summed E-state index contributed by atoms with van der Waals surface area (Å²) in [5.74, 6) is -0.479. The molecule has 350 valence electrons. The van der Waals surface area contributed by atoms with Crippen LogP contribution in [0.3, 0.4) is 0 Å². The molecular formula is C41H56Cl2N10O7S4. The molecule has 0 spiro atoms. The van der Waals surface area contributed by atoms with Crippen molar-refractivity contribution in [3.05, 3.63) is 69.3 Å². The molecule has 2 aromatic rings. The first-order valence-corrected chi connectivity index (χ1v) is 24.4. The van der Waals surface area contributed by atoms with E-state index in [4.69, 9.17) is 48.6 Å². The fourth-order valence-corrected chi connectivity index (χ4v) is 8.42. The highest BCUT2D eigenvalue weighted by Crippen LogP contribution is 2.36. The summed E-state index contributed by atoms with van der Waals surface area (Å²) >= 11 is 21.9. The molecule has 1 saturated heterocycles. The van der Waals surface area contributed by atoms with Gasteiger partial charge in [-0.15, -0.1) is 0 Å². The van der Waals surface area contributed by atoms with Gasteiger partial charge in [-0.1, -0.05) is 48.2 Å². The van der Waals surface area contributed by atoms with E-state index in [1.165, 1.54) is 24.7 Å². The van der Waals surface area contributed by atoms with E-state index in [-0.39, 0.29) is 28.4 Å². The smallest absolute Gasteiger partial charge is 0.325 e. The summed E-state index contributed by atoms with van der Waals surface area (Å²) < 4.78 is 58.7. The van der Waals surface area contributed by atoms with Crippen LogP contribution in [0.5, 0.6) is 0 Å². The van der Waals surface area contributed by atoms with Gasteiger partial charge in [0.2, 0.25) is 11.4 Å². The molecule has 0 aliphatic carbocycles. The van der Waals surface area contributed by atoms with Gasteiger partial charge in [0.25, 0.3) is 26.0 Å². The lowest BCUT2D eigenvalue weighted by Crippen LogP contribution is -2.47. The van der Waals surface area contributed by atoms with Crippen LogP contribution in [0.2, 0.25) is 10.0 Å². The van der Waals surface area contributed by atoms with E-state index in [1.807, 2.05) is 4.90 Å². The third kappa shape index (κ3) is 19.7. The van der Waals surface area contributed by atoms with Crippen LogP contribution in [0.1, 0.15) is 66.2 Å². The zero-order valence-electron chi connectivity index (χ0n) is 37.5. The number of esters is 1. The van der Waals surface area contributed by atoms with Crippen LogP contribution in [0.25, 0.3) is 9.69 Å². The van der Waals surface area contributed by atoms with Gasteiger partial charge in [-0.05, 0) is 109 Å². The lowest BCUT2D eigenvalue weighted by Gasteiger charge is -2.29. The molecule has 1 amide bonds. The molecule has 0 unspecified atom stereocenters. The lowest BCUT2D eigenvalue weighted by atomic mass is 10.0. The average Bonchev–Trinajstić information content (AvgIpc) is 3.39. The van der Waals surface area contributed by atoms with Gasteiger partial charge in [0, 0.05) is 44.8 Å². The first-order chi connectivity index (χ1) is 29.8. The Morgan fingerprint density at radius 1 is 0.891 bits per heavy atom. The zero-order valence-corrected chi connectivity index (χ0v) is 42.2. The zero-order chi connectivity index (χ0) is 48.9. The first-order valence-electron chi connectivity index (χ1n) is 19.6. The third-order valence-corrected chi connectivity index (χ3v) is 12.4. The fourth-order valence-electron chi connectivity index (χ4n) is 5.36. The number of amides is 1. The molecule has 1 heterocycles. The van der Waals surface area contributed by atoms with Crippen LogP contribution in [-0.2, 0) is 34.4 Å². The number of carbonyl (C=O) groups excluding carboxylic acids is 2. The predicted molar refractivity (Wildman–Crippen MR) is 265 cm³/mol. The van der Waals surface area contributed by atoms with Gasteiger partial charge in [0.15, 0.2) is 5.11 Å². The number of benzene rings is 2. The minimum Gasteiger partial charge on any atom is -0.468 e. The van der Waals surface area contributed by atoms with Crippen molar-refractivity contribution >= 4 is 125 Å². The van der Waals surface area contributed by atoms with Crippen LogP contribution >= 0.6 is 47.6 Å². The largest absolute Gasteiger partial charge is 0.468 e. The highest BCUT2D eigenvalue weighted by Gasteiger charge is 2.49. The SMILES string of the molecule is COC(=O)C(C)(C)NCCCCCS(=O)(=O)N=CN(C)C.[C-]#[N+]c1ccc(N2C(=O)C(C)(C)N(CCCCCS(=O)(=O)N=CN(C)C)C2=S)cc1Cl.[C-]#[N+]c1ccc(N=C=S)cc1Cl. The maximum atomic E-state index is 13.1. The molecule has 17 nitrogen and oxygen atoms in total. The second kappa shape index (κ2) is 27.0. The van der Waals surface area contributed by atoms with Crippen molar-refractivity contribution in [3.8, 4) is 0 Å². The van der Waals surface area contributed by atoms with Crippen LogP contribution in [-0.4, -0.2) is 137 Å². The average molecular weight is 1000 g/mol. The molecule has 2 aromatic carbocycles. The molecule has 0 saturated carbocycles. The summed E-state index contributed by atoms with van der Waals surface area (Å²) in [5.41, 5.74) is 0.292. The number of ether oxygens (including phenoxy) is 1. The number of isothiocyanates is 1. The number of rotatable bonds is 20. The predicted octanol–water partition coefficient (Wildman–Crippen LogP) is 7.94. The lowest BCUT2D eigenvalue weighted by molar-refractivity contribution is -0.147. The number of carbonyl (C=O) groups is 2. The molecule has 0 bridgehead atoms. The number of anilines is 1. The Kier molecular flexibility index (Phi) is 24.3. The molecule has 0 radical (unpaired) electrons. The summed E-state index contributed by atoms with van der Waals surface area (Å²) in [7, 11) is 1.34. The van der Waals surface area contributed by atoms with Crippen molar-refractivity contribution in [2.75, 3.05) is 64.8 Å². The molecule has 1 aliphatic heterocycles. The van der Waals surface area contributed by atoms with Crippen LogP contribution in [0.15, 0.2) is 50.2 Å². The molecule has 1 aliphatic rings. The van der Waals surface area contributed by atoms with E-state index in [0.29, 0.717) is 71.7 Å². The monoisotopic (exact) mass is 998 g/mol. The maximum absolute atomic E-state index is 13.1. The number of halogens is 2. The molecule has 0 aromatic heterocycles. The molecule has 3 rings (SSSR count). The number of hydrogen-bond acceptors (Lipinski definition) is 11. The van der Waals surface area contributed by atoms with Crippen molar-refractivity contribution in [3.63, 3.8) is 0 Å². The Hall–Kier alpha value is -4.57. The second-order valence-electron chi connectivity index (χ2n) is 15.4. The highest BCUT2D eigenvalue weighted by molar-refractivity contribution is 7.90. The van der Waals surface area contributed by atoms with Crippen molar-refractivity contribution in [2.45, 2.75) is 77.3 Å². The van der Waals surface area contributed by atoms with E-state index < -0.39 is 31.1 Å². The quantitative estimate of drug-likeness (QED) is 0.0338. The number of aliphatic imine (C=N–C) groups is 1. The normalized spacial score (nSPS) is 13.6. The van der Waals surface area contributed by atoms with Gasteiger partial charge in [0.1, 0.15) is 23.8 Å². The van der Waals surface area contributed by atoms with Gasteiger partial charge in [0.05, 0.1) is 48.3 Å². The second-order valence-corrected chi connectivity index (χ2v) is 20.4. The van der Waals surface area contributed by atoms with E-state index in [1.54, 1.807) is 102 Å². The Bertz CT molecular complexity index is 2360. The summed E-state index contributed by atoms with van der Waals surface area (Å²) in [6.45, 7) is 22.1. The van der Waals surface area contributed by atoms with E-state index in [0.717, 1.165) is 12.8 Å². The summed E-state index contributed by atoms with van der Waals surface area (Å²) in [4.78, 5) is 41.2. The van der Waals surface area contributed by atoms with Crippen LogP contribution in [0, 0.1) is 13.1 Å². The Balaban J connectivity index is 0.000000533. The third-order valence-electron chi connectivity index (χ3n) is 8.86. The number of thiocarbonyl (C=S) groups is 2. The molecule has 1 fully saturated rings. The van der Waals surface area contributed by atoms with Crippen LogP contribution in [0.4, 0.5) is 22.7 Å². The fraction of sp³-hybridized carbons (Fsp3) is 0.512. The van der Waals surface area contributed by atoms with Crippen molar-refractivity contribution < 1.29 is 31.2 Å². The number of unbranched alkanes of at least 4 members (excludes halogenated alkanes) is 4.